The molecule has 4 fully saturated rings. The summed E-state index contributed by atoms with van der Waals surface area (Å²) in [5, 5.41) is 0. The fourth-order valence-corrected chi connectivity index (χ4v) is 7.56. The third kappa shape index (κ3) is 11.2. The Hall–Kier alpha value is 1.56. The molecule has 0 saturated heterocycles. The SMILES string of the molecule is CCC1CC1(C)COP.CCC1CC1(C)COP.CCC1CC1(C)COP.CCC1CC1(C)COP. The quantitative estimate of drug-likeness (QED) is 0.215. The first-order valence-corrected chi connectivity index (χ1v) is 16.1. The average molecular weight is 585 g/mol. The molecule has 0 aromatic heterocycles. The lowest BCUT2D eigenvalue weighted by Crippen LogP contribution is -2.03. The van der Waals surface area contributed by atoms with Gasteiger partial charge in [-0.1, -0.05) is 81.1 Å². The maximum atomic E-state index is 5.02. The molecule has 4 aliphatic rings. The van der Waals surface area contributed by atoms with Gasteiger partial charge in [0.2, 0.25) is 0 Å². The Balaban J connectivity index is 0.000000240. The Morgan fingerprint density at radius 3 is 0.694 bits per heavy atom. The zero-order valence-corrected chi connectivity index (χ0v) is 29.4. The van der Waals surface area contributed by atoms with Crippen LogP contribution in [0.5, 0.6) is 0 Å². The summed E-state index contributed by atoms with van der Waals surface area (Å²) in [7, 11) is 9.27. The lowest BCUT2D eigenvalue weighted by molar-refractivity contribution is 0.267. The number of hydrogen-bond donors (Lipinski definition) is 0. The van der Waals surface area contributed by atoms with Crippen LogP contribution in [-0.4, -0.2) is 26.4 Å². The lowest BCUT2D eigenvalue weighted by atomic mass is 10.1. The molecule has 0 aromatic carbocycles. The van der Waals surface area contributed by atoms with Crippen LogP contribution in [0.1, 0.15) is 107 Å². The van der Waals surface area contributed by atoms with Gasteiger partial charge >= 0.3 is 0 Å². The van der Waals surface area contributed by atoms with E-state index < -0.39 is 0 Å². The van der Waals surface area contributed by atoms with Gasteiger partial charge in [0.25, 0.3) is 0 Å². The zero-order chi connectivity index (χ0) is 27.6. The molecule has 12 unspecified atom stereocenters. The van der Waals surface area contributed by atoms with E-state index in [-0.39, 0.29) is 0 Å². The minimum atomic E-state index is 0.524. The topological polar surface area (TPSA) is 36.9 Å². The molecule has 36 heavy (non-hydrogen) atoms. The second-order valence-electron chi connectivity index (χ2n) is 13.1. The summed E-state index contributed by atoms with van der Waals surface area (Å²) >= 11 is 0. The molecule has 8 heteroatoms. The zero-order valence-electron chi connectivity index (χ0n) is 24.7. The van der Waals surface area contributed by atoms with Crippen molar-refractivity contribution in [2.24, 2.45) is 45.3 Å². The van der Waals surface area contributed by atoms with Gasteiger partial charge in [-0.05, 0) is 71.0 Å². The first-order chi connectivity index (χ1) is 16.9. The monoisotopic (exact) mass is 584 g/mol. The Morgan fingerprint density at radius 1 is 0.444 bits per heavy atom. The number of hydrogen-bond acceptors (Lipinski definition) is 4. The van der Waals surface area contributed by atoms with Gasteiger partial charge in [-0.15, -0.1) is 0 Å². The van der Waals surface area contributed by atoms with Crippen molar-refractivity contribution in [3.63, 3.8) is 0 Å². The minimum absolute atomic E-state index is 0.524. The molecule has 0 heterocycles. The van der Waals surface area contributed by atoms with Crippen LogP contribution in [0.15, 0.2) is 0 Å². The van der Waals surface area contributed by atoms with Crippen LogP contribution in [0.3, 0.4) is 0 Å². The van der Waals surface area contributed by atoms with Gasteiger partial charge in [0.05, 0.1) is 26.4 Å². The maximum Gasteiger partial charge on any atom is 0.0558 e. The summed E-state index contributed by atoms with van der Waals surface area (Å²) in [4.78, 5) is 0. The third-order valence-corrected chi connectivity index (χ3v) is 10.4. The Bertz CT molecular complexity index is 524. The van der Waals surface area contributed by atoms with Crippen molar-refractivity contribution in [2.45, 2.75) is 107 Å². The molecule has 0 radical (unpaired) electrons. The molecular formula is C28H60O4P4. The van der Waals surface area contributed by atoms with Crippen LogP contribution in [0.4, 0.5) is 0 Å². The predicted molar refractivity (Wildman–Crippen MR) is 169 cm³/mol. The molecule has 0 aliphatic heterocycles. The summed E-state index contributed by atoms with van der Waals surface area (Å²) < 4.78 is 20.1. The molecule has 4 aliphatic carbocycles. The highest BCUT2D eigenvalue weighted by Gasteiger charge is 2.50. The van der Waals surface area contributed by atoms with Crippen molar-refractivity contribution in [2.75, 3.05) is 26.4 Å². The molecule has 4 saturated carbocycles. The standard InChI is InChI=1S/4C7H15OP/c4*1-3-6-4-7(6,2)5-8-9/h4*6H,3-5,9H2,1-2H3. The fraction of sp³-hybridized carbons (Fsp3) is 1.00. The van der Waals surface area contributed by atoms with Crippen LogP contribution < -0.4 is 0 Å². The normalized spacial score (nSPS) is 41.0. The van der Waals surface area contributed by atoms with E-state index in [1.807, 2.05) is 0 Å². The highest BCUT2D eigenvalue weighted by Crippen LogP contribution is 2.56. The summed E-state index contributed by atoms with van der Waals surface area (Å²) in [6.07, 6.45) is 10.7. The van der Waals surface area contributed by atoms with Crippen LogP contribution in [0, 0.1) is 45.3 Å². The predicted octanol–water partition coefficient (Wildman–Crippen LogP) is 8.92. The van der Waals surface area contributed by atoms with Crippen LogP contribution in [0.25, 0.3) is 0 Å². The molecular weight excluding hydrogens is 524 g/mol. The molecule has 216 valence electrons. The molecule has 0 spiro atoms. The van der Waals surface area contributed by atoms with E-state index in [9.17, 15) is 0 Å². The van der Waals surface area contributed by atoms with E-state index in [1.165, 1.54) is 51.4 Å². The second kappa shape index (κ2) is 16.1. The van der Waals surface area contributed by atoms with E-state index in [4.69, 9.17) is 18.1 Å². The van der Waals surface area contributed by atoms with Gasteiger partial charge in [0.1, 0.15) is 0 Å². The molecule has 12 atom stereocenters. The Labute approximate surface area is 234 Å². The van der Waals surface area contributed by atoms with Gasteiger partial charge < -0.3 is 18.1 Å². The van der Waals surface area contributed by atoms with Crippen molar-refractivity contribution in [1.29, 1.82) is 0 Å². The van der Waals surface area contributed by atoms with Crippen molar-refractivity contribution in [3.8, 4) is 0 Å². The van der Waals surface area contributed by atoms with Gasteiger partial charge in [-0.2, -0.15) is 0 Å². The molecule has 0 N–H and O–H groups in total. The third-order valence-electron chi connectivity index (χ3n) is 9.78. The highest BCUT2D eigenvalue weighted by molar-refractivity contribution is 7.10. The number of rotatable bonds is 12. The van der Waals surface area contributed by atoms with Crippen LogP contribution in [0.2, 0.25) is 0 Å². The first-order valence-electron chi connectivity index (χ1n) is 14.2. The maximum absolute atomic E-state index is 5.02. The summed E-state index contributed by atoms with van der Waals surface area (Å²) in [5.74, 6) is 3.72. The summed E-state index contributed by atoms with van der Waals surface area (Å²) in [6, 6.07) is 0. The molecule has 0 aromatic rings. The summed E-state index contributed by atoms with van der Waals surface area (Å²) in [5.41, 5.74) is 2.10. The van der Waals surface area contributed by atoms with E-state index in [0.29, 0.717) is 21.7 Å². The van der Waals surface area contributed by atoms with Crippen molar-refractivity contribution in [1.82, 2.24) is 0 Å². The van der Waals surface area contributed by atoms with E-state index >= 15 is 0 Å². The smallest absolute Gasteiger partial charge is 0.0558 e. The molecule has 0 amide bonds. The van der Waals surface area contributed by atoms with Crippen molar-refractivity contribution in [3.05, 3.63) is 0 Å². The average Bonchev–Trinajstić information content (AvgIpc) is 3.76. The first kappa shape index (κ1) is 35.6. The fourth-order valence-electron chi connectivity index (χ4n) is 6.03. The largest absolute Gasteiger partial charge is 0.365 e. The molecule has 0 bridgehead atoms. The Kier molecular flexibility index (Phi) is 15.9. The minimum Gasteiger partial charge on any atom is -0.365 e. The van der Waals surface area contributed by atoms with Crippen LogP contribution in [-0.2, 0) is 18.1 Å². The van der Waals surface area contributed by atoms with E-state index in [1.54, 1.807) is 0 Å². The lowest BCUT2D eigenvalue weighted by Gasteiger charge is -2.06. The second-order valence-corrected chi connectivity index (χ2v) is 14.4. The summed E-state index contributed by atoms with van der Waals surface area (Å²) in [6.45, 7) is 21.8. The van der Waals surface area contributed by atoms with Gasteiger partial charge in [0.15, 0.2) is 0 Å². The van der Waals surface area contributed by atoms with Crippen molar-refractivity contribution < 1.29 is 18.1 Å². The van der Waals surface area contributed by atoms with Gasteiger partial charge in [-0.3, -0.25) is 0 Å². The van der Waals surface area contributed by atoms with Gasteiger partial charge in [-0.25, -0.2) is 0 Å². The molecule has 4 rings (SSSR count). The highest BCUT2D eigenvalue weighted by atomic mass is 31.0. The van der Waals surface area contributed by atoms with E-state index in [2.05, 4.69) is 93.3 Å². The van der Waals surface area contributed by atoms with Gasteiger partial charge in [0, 0.05) is 37.9 Å². The van der Waals surface area contributed by atoms with E-state index in [0.717, 1.165) is 50.1 Å². The Morgan fingerprint density at radius 2 is 0.611 bits per heavy atom. The molecule has 4 nitrogen and oxygen atoms in total. The van der Waals surface area contributed by atoms with Crippen LogP contribution >= 0.6 is 37.9 Å². The van der Waals surface area contributed by atoms with Crippen molar-refractivity contribution >= 4 is 37.9 Å².